The van der Waals surface area contributed by atoms with Crippen LogP contribution < -0.4 is 0 Å². The van der Waals surface area contributed by atoms with Crippen LogP contribution in [0.1, 0.15) is 13.3 Å². The average molecular weight is 279 g/mol. The van der Waals surface area contributed by atoms with Crippen molar-refractivity contribution in [3.8, 4) is 0 Å². The molecule has 7 heteroatoms. The van der Waals surface area contributed by atoms with Crippen LogP contribution in [0.2, 0.25) is 0 Å². The average Bonchev–Trinajstić information content (AvgIpc) is 2.39. The summed E-state index contributed by atoms with van der Waals surface area (Å²) in [6, 6.07) is 0. The highest BCUT2D eigenvalue weighted by molar-refractivity contribution is 7.65. The first-order valence-corrected chi connectivity index (χ1v) is 6.54. The molecule has 0 bridgehead atoms. The maximum absolute atomic E-state index is 12.0. The fourth-order valence-electron chi connectivity index (χ4n) is 1.29. The summed E-state index contributed by atoms with van der Waals surface area (Å²) in [7, 11) is 3.23. The lowest BCUT2D eigenvalue weighted by Gasteiger charge is -2.28. The lowest BCUT2D eigenvalue weighted by molar-refractivity contribution is -0.359. The minimum Gasteiger partial charge on any atom is -0.338 e. The minimum atomic E-state index is -2.28. The molecule has 0 aromatic carbocycles. The number of carbonyl (C=O) groups excluding carboxylic acids is 1. The highest BCUT2D eigenvalue weighted by atomic mass is 31.1. The molecule has 0 aliphatic carbocycles. The molecule has 0 saturated carbocycles. The summed E-state index contributed by atoms with van der Waals surface area (Å²) < 4.78 is 32.3. The predicted octanol–water partition coefficient (Wildman–Crippen LogP) is 1.87. The van der Waals surface area contributed by atoms with Crippen LogP contribution in [-0.2, 0) is 28.3 Å². The fraction of sp³-hybridized carbons (Fsp3) is 0.727. The molecular formula is C11H20O6P+. The summed E-state index contributed by atoms with van der Waals surface area (Å²) in [4.78, 5) is 11.6. The molecule has 0 aliphatic rings. The first kappa shape index (κ1) is 17.4. The molecular weight excluding hydrogens is 259 g/mol. The van der Waals surface area contributed by atoms with Crippen molar-refractivity contribution < 1.29 is 28.3 Å². The van der Waals surface area contributed by atoms with Gasteiger partial charge >= 0.3 is 13.3 Å². The van der Waals surface area contributed by atoms with E-state index < -0.39 is 25.1 Å². The predicted molar refractivity (Wildman–Crippen MR) is 66.6 cm³/mol. The van der Waals surface area contributed by atoms with E-state index in [1.165, 1.54) is 35.4 Å². The Bertz CT molecular complexity index is 315. The molecule has 0 saturated heterocycles. The highest BCUT2D eigenvalue weighted by Gasteiger charge is 2.46. The van der Waals surface area contributed by atoms with E-state index in [4.69, 9.17) is 18.9 Å². The third-order valence-electron chi connectivity index (χ3n) is 2.46. The standard InChI is InChI=1S/C11H20O6P/c1-8(2)10(12)18(13)9(14-3)7-11(15-4,16-5)17-6/h9H,1,7H2,2-6H3/q+1. The number of hydrogen-bond donors (Lipinski definition) is 0. The van der Waals surface area contributed by atoms with E-state index in [9.17, 15) is 9.36 Å². The second-order valence-electron chi connectivity index (χ2n) is 3.60. The summed E-state index contributed by atoms with van der Waals surface area (Å²) in [5.74, 6) is -2.26. The lowest BCUT2D eigenvalue weighted by atomic mass is 10.4. The number of ether oxygens (including phenoxy) is 4. The Balaban J connectivity index is 4.95. The van der Waals surface area contributed by atoms with Gasteiger partial charge in [-0.2, -0.15) is 0 Å². The summed E-state index contributed by atoms with van der Waals surface area (Å²) in [5, 5.41) is 0. The molecule has 0 fully saturated rings. The van der Waals surface area contributed by atoms with Gasteiger partial charge in [-0.05, 0) is 6.92 Å². The molecule has 0 heterocycles. The quantitative estimate of drug-likeness (QED) is 0.364. The van der Waals surface area contributed by atoms with E-state index in [1.54, 1.807) is 0 Å². The number of methoxy groups -OCH3 is 4. The molecule has 18 heavy (non-hydrogen) atoms. The molecule has 0 rings (SSSR count). The smallest absolute Gasteiger partial charge is 0.338 e. The Morgan fingerprint density at radius 3 is 1.94 bits per heavy atom. The monoisotopic (exact) mass is 279 g/mol. The van der Waals surface area contributed by atoms with Crippen LogP contribution in [-0.4, -0.2) is 45.8 Å². The molecule has 2 atom stereocenters. The zero-order valence-electron chi connectivity index (χ0n) is 11.4. The van der Waals surface area contributed by atoms with Gasteiger partial charge in [0.25, 0.3) is 11.8 Å². The van der Waals surface area contributed by atoms with E-state index in [2.05, 4.69) is 6.58 Å². The van der Waals surface area contributed by atoms with Gasteiger partial charge < -0.3 is 18.9 Å². The van der Waals surface area contributed by atoms with Gasteiger partial charge in [-0.25, -0.2) is 4.79 Å². The number of hydrogen-bond acceptors (Lipinski definition) is 6. The zero-order chi connectivity index (χ0) is 14.3. The van der Waals surface area contributed by atoms with Crippen molar-refractivity contribution in [3.05, 3.63) is 12.2 Å². The normalized spacial score (nSPS) is 14.2. The Labute approximate surface area is 108 Å². The Kier molecular flexibility index (Phi) is 7.43. The van der Waals surface area contributed by atoms with Crippen molar-refractivity contribution in [2.24, 2.45) is 0 Å². The topological polar surface area (TPSA) is 71.1 Å². The van der Waals surface area contributed by atoms with Crippen molar-refractivity contribution in [3.63, 3.8) is 0 Å². The largest absolute Gasteiger partial charge is 0.451 e. The van der Waals surface area contributed by atoms with Gasteiger partial charge in [0.2, 0.25) is 0 Å². The number of allylic oxidation sites excluding steroid dienone is 1. The Hall–Kier alpha value is -0.650. The first-order valence-electron chi connectivity index (χ1n) is 5.21. The second-order valence-corrected chi connectivity index (χ2v) is 5.23. The summed E-state index contributed by atoms with van der Waals surface area (Å²) in [6.07, 6.45) is 0.00121. The van der Waals surface area contributed by atoms with Gasteiger partial charge in [0.15, 0.2) is 0 Å². The van der Waals surface area contributed by atoms with Crippen LogP contribution in [0.25, 0.3) is 0 Å². The van der Waals surface area contributed by atoms with Crippen molar-refractivity contribution in [2.45, 2.75) is 25.2 Å². The minimum absolute atomic E-state index is 0.00121. The van der Waals surface area contributed by atoms with E-state index in [0.717, 1.165) is 0 Å². The van der Waals surface area contributed by atoms with Crippen molar-refractivity contribution in [1.29, 1.82) is 0 Å². The number of carbonyl (C=O) groups is 1. The van der Waals surface area contributed by atoms with E-state index in [0.29, 0.717) is 0 Å². The molecule has 0 spiro atoms. The Morgan fingerprint density at radius 2 is 1.67 bits per heavy atom. The molecule has 0 aromatic rings. The van der Waals surface area contributed by atoms with Gasteiger partial charge in [0.1, 0.15) is 6.42 Å². The maximum atomic E-state index is 12.0. The summed E-state index contributed by atoms with van der Waals surface area (Å²) in [5.41, 5.74) is -0.315. The molecule has 104 valence electrons. The van der Waals surface area contributed by atoms with E-state index in [-0.39, 0.29) is 12.0 Å². The molecule has 0 amide bonds. The SMILES string of the molecule is C=C(C)C(=O)[P+](=O)C(CC(OC)(OC)OC)OC. The van der Waals surface area contributed by atoms with Crippen molar-refractivity contribution in [2.75, 3.05) is 28.4 Å². The molecule has 6 nitrogen and oxygen atoms in total. The van der Waals surface area contributed by atoms with Crippen LogP contribution in [0.4, 0.5) is 0 Å². The second kappa shape index (κ2) is 7.71. The van der Waals surface area contributed by atoms with E-state index in [1.807, 2.05) is 0 Å². The molecule has 0 radical (unpaired) electrons. The van der Waals surface area contributed by atoms with E-state index >= 15 is 0 Å². The molecule has 0 N–H and O–H groups in total. The van der Waals surface area contributed by atoms with Crippen LogP contribution in [0, 0.1) is 0 Å². The third kappa shape index (κ3) is 4.23. The molecule has 2 unspecified atom stereocenters. The molecule has 0 aliphatic heterocycles. The van der Waals surface area contributed by atoms with Gasteiger partial charge in [0.05, 0.1) is 0 Å². The molecule has 0 aromatic heterocycles. The first-order chi connectivity index (χ1) is 8.37. The number of rotatable bonds is 9. The van der Waals surface area contributed by atoms with Crippen LogP contribution in [0.3, 0.4) is 0 Å². The fourth-order valence-corrected chi connectivity index (χ4v) is 2.51. The van der Waals surface area contributed by atoms with Crippen LogP contribution in [0.15, 0.2) is 12.2 Å². The van der Waals surface area contributed by atoms with Gasteiger partial charge in [-0.3, -0.25) is 0 Å². The highest BCUT2D eigenvalue weighted by Crippen LogP contribution is 2.38. The van der Waals surface area contributed by atoms with Gasteiger partial charge in [-0.1, -0.05) is 11.1 Å². The maximum Gasteiger partial charge on any atom is 0.451 e. The summed E-state index contributed by atoms with van der Waals surface area (Å²) in [6.45, 7) is 4.97. The summed E-state index contributed by atoms with van der Waals surface area (Å²) >= 11 is 0. The van der Waals surface area contributed by atoms with Crippen LogP contribution >= 0.6 is 7.80 Å². The Morgan fingerprint density at radius 1 is 1.22 bits per heavy atom. The van der Waals surface area contributed by atoms with Crippen molar-refractivity contribution in [1.82, 2.24) is 0 Å². The third-order valence-corrected chi connectivity index (χ3v) is 4.16. The van der Waals surface area contributed by atoms with Crippen LogP contribution in [0.5, 0.6) is 0 Å². The van der Waals surface area contributed by atoms with Gasteiger partial charge in [0, 0.05) is 34.0 Å². The van der Waals surface area contributed by atoms with Gasteiger partial charge in [-0.15, -0.1) is 0 Å². The lowest BCUT2D eigenvalue weighted by Crippen LogP contribution is -2.39. The zero-order valence-corrected chi connectivity index (χ0v) is 12.3. The van der Waals surface area contributed by atoms with Crippen molar-refractivity contribution >= 4 is 13.3 Å².